The first-order valence-electron chi connectivity index (χ1n) is 8.29. The van der Waals surface area contributed by atoms with Crippen molar-refractivity contribution in [2.75, 3.05) is 23.7 Å². The van der Waals surface area contributed by atoms with Crippen LogP contribution in [0.5, 0.6) is 0 Å². The molecule has 0 saturated heterocycles. The molecule has 0 unspecified atom stereocenters. The smallest absolute Gasteiger partial charge is 0.0367 e. The summed E-state index contributed by atoms with van der Waals surface area (Å²) in [5.41, 5.74) is 7.72. The summed E-state index contributed by atoms with van der Waals surface area (Å²) in [5.74, 6) is 0. The molecule has 0 fully saturated rings. The van der Waals surface area contributed by atoms with Crippen molar-refractivity contribution in [3.8, 4) is 0 Å². The number of benzene rings is 1. The van der Waals surface area contributed by atoms with Crippen LogP contribution in [0.3, 0.4) is 0 Å². The van der Waals surface area contributed by atoms with Gasteiger partial charge >= 0.3 is 0 Å². The first-order chi connectivity index (χ1) is 9.69. The molecule has 1 aromatic rings. The van der Waals surface area contributed by atoms with Crippen molar-refractivity contribution in [1.29, 1.82) is 0 Å². The molecule has 0 radical (unpaired) electrons. The Balaban J connectivity index is -0.000000355. The largest absolute Gasteiger partial charge is 0.399 e. The lowest BCUT2D eigenvalue weighted by Gasteiger charge is -2.22. The maximum absolute atomic E-state index is 5.62. The van der Waals surface area contributed by atoms with Crippen LogP contribution in [0, 0.1) is 0 Å². The van der Waals surface area contributed by atoms with E-state index in [1.165, 1.54) is 18.5 Å². The van der Waals surface area contributed by atoms with Crippen LogP contribution in [0.4, 0.5) is 11.4 Å². The minimum absolute atomic E-state index is 0.830. The average molecular weight is 283 g/mol. The molecule has 0 aliphatic carbocycles. The highest BCUT2D eigenvalue weighted by Crippen LogP contribution is 2.15. The molecule has 2 N–H and O–H groups in total. The zero-order chi connectivity index (χ0) is 16.4. The van der Waals surface area contributed by atoms with E-state index in [1.807, 2.05) is 39.8 Å². The maximum atomic E-state index is 5.62. The van der Waals surface area contributed by atoms with Gasteiger partial charge < -0.3 is 10.6 Å². The quantitative estimate of drug-likeness (QED) is 0.689. The fraction of sp³-hybridized carbons (Fsp3) is 0.667. The molecular weight excluding hydrogens is 244 g/mol. The van der Waals surface area contributed by atoms with E-state index < -0.39 is 0 Å². The van der Waals surface area contributed by atoms with E-state index in [1.54, 1.807) is 0 Å². The molecule has 0 saturated carbocycles. The SMILES string of the molecule is CC.CC.CCC.CCCN(CC)c1ccc(N)cc1. The zero-order valence-corrected chi connectivity index (χ0v) is 15.2. The third-order valence-electron chi connectivity index (χ3n) is 2.13. The van der Waals surface area contributed by atoms with Gasteiger partial charge in [-0.3, -0.25) is 0 Å². The van der Waals surface area contributed by atoms with E-state index in [0.29, 0.717) is 0 Å². The Hall–Kier alpha value is -1.18. The van der Waals surface area contributed by atoms with Gasteiger partial charge in [0.1, 0.15) is 0 Å². The van der Waals surface area contributed by atoms with Gasteiger partial charge in [-0.15, -0.1) is 0 Å². The van der Waals surface area contributed by atoms with Gasteiger partial charge in [0.15, 0.2) is 0 Å². The maximum Gasteiger partial charge on any atom is 0.0367 e. The van der Waals surface area contributed by atoms with Crippen molar-refractivity contribution < 1.29 is 0 Å². The molecule has 1 aromatic carbocycles. The predicted molar refractivity (Wildman–Crippen MR) is 97.7 cm³/mol. The van der Waals surface area contributed by atoms with E-state index in [2.05, 4.69) is 44.7 Å². The number of hydrogen-bond acceptors (Lipinski definition) is 2. The van der Waals surface area contributed by atoms with Crippen molar-refractivity contribution in [2.45, 2.75) is 68.2 Å². The van der Waals surface area contributed by atoms with Gasteiger partial charge in [-0.2, -0.15) is 0 Å². The van der Waals surface area contributed by atoms with E-state index in [-0.39, 0.29) is 0 Å². The van der Waals surface area contributed by atoms with Gasteiger partial charge in [0.05, 0.1) is 0 Å². The van der Waals surface area contributed by atoms with E-state index in [9.17, 15) is 0 Å². The minimum Gasteiger partial charge on any atom is -0.399 e. The summed E-state index contributed by atoms with van der Waals surface area (Å²) in [4.78, 5) is 2.35. The molecule has 20 heavy (non-hydrogen) atoms. The Bertz CT molecular complexity index is 255. The van der Waals surface area contributed by atoms with Gasteiger partial charge in [0, 0.05) is 24.5 Å². The standard InChI is InChI=1S/C11H18N2.C3H8.2C2H6/c1-3-9-13(4-2)11-7-5-10(12)6-8-11;1-3-2;2*1-2/h5-8H,3-4,9,12H2,1-2H3;3H2,1-2H3;2*1-2H3. The lowest BCUT2D eigenvalue weighted by molar-refractivity contribution is 0.792. The van der Waals surface area contributed by atoms with Crippen molar-refractivity contribution in [2.24, 2.45) is 0 Å². The predicted octanol–water partition coefficient (Wildman–Crippen LogP) is 5.97. The number of anilines is 2. The Morgan fingerprint density at radius 3 is 1.55 bits per heavy atom. The molecule has 0 heterocycles. The lowest BCUT2D eigenvalue weighted by atomic mass is 10.2. The fourth-order valence-corrected chi connectivity index (χ4v) is 1.42. The van der Waals surface area contributed by atoms with E-state index in [4.69, 9.17) is 5.73 Å². The molecule has 0 aliphatic heterocycles. The van der Waals surface area contributed by atoms with Crippen LogP contribution in [-0.2, 0) is 0 Å². The Morgan fingerprint density at radius 1 is 0.850 bits per heavy atom. The van der Waals surface area contributed by atoms with Crippen LogP contribution in [0.2, 0.25) is 0 Å². The molecule has 2 nitrogen and oxygen atoms in total. The number of nitrogens with zero attached hydrogens (tertiary/aromatic N) is 1. The topological polar surface area (TPSA) is 29.3 Å². The summed E-state index contributed by atoms with van der Waals surface area (Å²) in [6.07, 6.45) is 2.43. The highest BCUT2D eigenvalue weighted by atomic mass is 15.1. The van der Waals surface area contributed by atoms with Crippen LogP contribution < -0.4 is 10.6 Å². The monoisotopic (exact) mass is 282 g/mol. The first kappa shape index (κ1) is 23.9. The molecular formula is C18H38N2. The zero-order valence-electron chi connectivity index (χ0n) is 15.2. The highest BCUT2D eigenvalue weighted by Gasteiger charge is 2.01. The summed E-state index contributed by atoms with van der Waals surface area (Å²) in [7, 11) is 0. The molecule has 0 spiro atoms. The summed E-state index contributed by atoms with van der Waals surface area (Å²) < 4.78 is 0. The second kappa shape index (κ2) is 20.1. The Kier molecular flexibility index (Phi) is 24.1. The molecule has 0 aliphatic rings. The molecule has 120 valence electrons. The average Bonchev–Trinajstić information content (AvgIpc) is 2.51. The van der Waals surface area contributed by atoms with Crippen LogP contribution in [-0.4, -0.2) is 13.1 Å². The molecule has 0 aromatic heterocycles. The van der Waals surface area contributed by atoms with Gasteiger partial charge in [-0.1, -0.05) is 54.9 Å². The van der Waals surface area contributed by atoms with Crippen LogP contribution in [0.25, 0.3) is 0 Å². The van der Waals surface area contributed by atoms with Gasteiger partial charge in [-0.25, -0.2) is 0 Å². The van der Waals surface area contributed by atoms with Gasteiger partial charge in [-0.05, 0) is 37.6 Å². The summed E-state index contributed by atoms with van der Waals surface area (Å²) in [5, 5.41) is 0. The van der Waals surface area contributed by atoms with Crippen LogP contribution in [0.1, 0.15) is 68.2 Å². The number of nitrogen functional groups attached to an aromatic ring is 1. The molecule has 0 bridgehead atoms. The van der Waals surface area contributed by atoms with Gasteiger partial charge in [0.2, 0.25) is 0 Å². The second-order valence-electron chi connectivity index (χ2n) is 3.88. The molecule has 1 rings (SSSR count). The number of rotatable bonds is 4. The third kappa shape index (κ3) is 13.3. The summed E-state index contributed by atoms with van der Waals surface area (Å²) in [6.45, 7) is 18.8. The van der Waals surface area contributed by atoms with Crippen LogP contribution in [0.15, 0.2) is 24.3 Å². The van der Waals surface area contributed by atoms with E-state index >= 15 is 0 Å². The second-order valence-corrected chi connectivity index (χ2v) is 3.88. The van der Waals surface area contributed by atoms with E-state index in [0.717, 1.165) is 18.8 Å². The third-order valence-corrected chi connectivity index (χ3v) is 2.13. The van der Waals surface area contributed by atoms with Gasteiger partial charge in [0.25, 0.3) is 0 Å². The Morgan fingerprint density at radius 2 is 1.25 bits per heavy atom. The van der Waals surface area contributed by atoms with Crippen molar-refractivity contribution in [3.05, 3.63) is 24.3 Å². The minimum atomic E-state index is 0.830. The highest BCUT2D eigenvalue weighted by molar-refractivity contribution is 5.52. The number of nitrogens with two attached hydrogens (primary N) is 1. The molecule has 2 heteroatoms. The number of hydrogen-bond donors (Lipinski definition) is 1. The molecule has 0 atom stereocenters. The van der Waals surface area contributed by atoms with Crippen molar-refractivity contribution in [1.82, 2.24) is 0 Å². The fourth-order valence-electron chi connectivity index (χ4n) is 1.42. The lowest BCUT2D eigenvalue weighted by Crippen LogP contribution is -2.23. The molecule has 0 amide bonds. The van der Waals surface area contributed by atoms with Crippen molar-refractivity contribution in [3.63, 3.8) is 0 Å². The van der Waals surface area contributed by atoms with Crippen LogP contribution >= 0.6 is 0 Å². The summed E-state index contributed by atoms with van der Waals surface area (Å²) in [6, 6.07) is 8.06. The Labute approximate surface area is 128 Å². The summed E-state index contributed by atoms with van der Waals surface area (Å²) >= 11 is 0. The normalized spacial score (nSPS) is 8.00. The first-order valence-corrected chi connectivity index (χ1v) is 8.29. The van der Waals surface area contributed by atoms with Crippen molar-refractivity contribution >= 4 is 11.4 Å².